The lowest BCUT2D eigenvalue weighted by Crippen LogP contribution is -2.00. The second-order valence-electron chi connectivity index (χ2n) is 4.75. The van der Waals surface area contributed by atoms with E-state index in [-0.39, 0.29) is 0 Å². The number of anilines is 1. The van der Waals surface area contributed by atoms with Gasteiger partial charge in [0.2, 0.25) is 0 Å². The van der Waals surface area contributed by atoms with Crippen LogP contribution in [0, 0.1) is 0 Å². The van der Waals surface area contributed by atoms with Crippen LogP contribution in [0.15, 0.2) is 48.5 Å². The predicted octanol–water partition coefficient (Wildman–Crippen LogP) is 5.29. The zero-order valence-electron chi connectivity index (χ0n) is 11.3. The van der Waals surface area contributed by atoms with Gasteiger partial charge in [-0.1, -0.05) is 55.3 Å². The highest BCUT2D eigenvalue weighted by atomic mass is 35.5. The molecule has 0 aliphatic rings. The molecule has 0 amide bonds. The summed E-state index contributed by atoms with van der Waals surface area (Å²) in [6.07, 6.45) is 3.67. The molecule has 0 saturated heterocycles. The van der Waals surface area contributed by atoms with E-state index in [1.807, 2.05) is 24.3 Å². The first-order valence-electron chi connectivity index (χ1n) is 6.86. The minimum atomic E-state index is 0.758. The fourth-order valence-corrected chi connectivity index (χ4v) is 2.21. The number of halogens is 1. The van der Waals surface area contributed by atoms with Crippen molar-refractivity contribution in [3.63, 3.8) is 0 Å². The topological polar surface area (TPSA) is 12.0 Å². The molecule has 2 rings (SSSR count). The Bertz CT molecular complexity index is 505. The Kier molecular flexibility index (Phi) is 5.29. The number of aryl methyl sites for hydroxylation is 1. The smallest absolute Gasteiger partial charge is 0.0455 e. The summed E-state index contributed by atoms with van der Waals surface area (Å²) in [7, 11) is 0. The first-order valence-corrected chi connectivity index (χ1v) is 7.23. The zero-order chi connectivity index (χ0) is 13.5. The van der Waals surface area contributed by atoms with Crippen LogP contribution in [0.2, 0.25) is 5.02 Å². The Balaban J connectivity index is 1.91. The number of rotatable bonds is 6. The molecule has 0 atom stereocenters. The SMILES string of the molecule is CCCCc1ccc(NCc2ccccc2Cl)cc1. The summed E-state index contributed by atoms with van der Waals surface area (Å²) in [5.41, 5.74) is 3.67. The van der Waals surface area contributed by atoms with Crippen molar-refractivity contribution >= 4 is 17.3 Å². The summed E-state index contributed by atoms with van der Waals surface area (Å²) in [6, 6.07) is 16.6. The fraction of sp³-hybridized carbons (Fsp3) is 0.294. The zero-order valence-corrected chi connectivity index (χ0v) is 12.1. The van der Waals surface area contributed by atoms with Gasteiger partial charge in [0.15, 0.2) is 0 Å². The molecule has 0 aromatic heterocycles. The van der Waals surface area contributed by atoms with E-state index in [9.17, 15) is 0 Å². The van der Waals surface area contributed by atoms with Crippen molar-refractivity contribution in [3.8, 4) is 0 Å². The van der Waals surface area contributed by atoms with Crippen LogP contribution in [-0.2, 0) is 13.0 Å². The molecule has 0 aliphatic carbocycles. The normalized spacial score (nSPS) is 10.4. The van der Waals surface area contributed by atoms with Gasteiger partial charge in [0, 0.05) is 17.3 Å². The average Bonchev–Trinajstić information content (AvgIpc) is 2.45. The maximum Gasteiger partial charge on any atom is 0.0455 e. The van der Waals surface area contributed by atoms with Crippen LogP contribution < -0.4 is 5.32 Å². The van der Waals surface area contributed by atoms with E-state index in [1.165, 1.54) is 24.8 Å². The molecule has 1 nitrogen and oxygen atoms in total. The van der Waals surface area contributed by atoms with Crippen molar-refractivity contribution in [2.75, 3.05) is 5.32 Å². The van der Waals surface area contributed by atoms with Crippen molar-refractivity contribution in [2.45, 2.75) is 32.7 Å². The van der Waals surface area contributed by atoms with Crippen molar-refractivity contribution in [3.05, 3.63) is 64.7 Å². The van der Waals surface area contributed by atoms with Crippen LogP contribution in [0.3, 0.4) is 0 Å². The number of benzene rings is 2. The predicted molar refractivity (Wildman–Crippen MR) is 83.8 cm³/mol. The molecule has 2 heteroatoms. The lowest BCUT2D eigenvalue weighted by atomic mass is 10.1. The summed E-state index contributed by atoms with van der Waals surface area (Å²) in [4.78, 5) is 0. The number of nitrogens with one attached hydrogen (secondary N) is 1. The first kappa shape index (κ1) is 14.0. The standard InChI is InChI=1S/C17H20ClN/c1-2-3-6-14-9-11-16(12-10-14)19-13-15-7-4-5-8-17(15)18/h4-5,7-12,19H,2-3,6,13H2,1H3. The van der Waals surface area contributed by atoms with E-state index in [0.717, 1.165) is 22.8 Å². The average molecular weight is 274 g/mol. The quantitative estimate of drug-likeness (QED) is 0.753. The Hall–Kier alpha value is -1.47. The van der Waals surface area contributed by atoms with Gasteiger partial charge in [0.1, 0.15) is 0 Å². The van der Waals surface area contributed by atoms with Crippen LogP contribution >= 0.6 is 11.6 Å². The first-order chi connectivity index (χ1) is 9.29. The molecule has 0 radical (unpaired) electrons. The lowest BCUT2D eigenvalue weighted by molar-refractivity contribution is 0.795. The highest BCUT2D eigenvalue weighted by Crippen LogP contribution is 2.17. The van der Waals surface area contributed by atoms with Gasteiger partial charge in [-0.25, -0.2) is 0 Å². The summed E-state index contributed by atoms with van der Waals surface area (Å²) >= 11 is 6.13. The molecular formula is C17H20ClN. The third-order valence-electron chi connectivity index (χ3n) is 3.21. The summed E-state index contributed by atoms with van der Waals surface area (Å²) in [5.74, 6) is 0. The lowest BCUT2D eigenvalue weighted by Gasteiger charge is -2.09. The van der Waals surface area contributed by atoms with E-state index in [1.54, 1.807) is 0 Å². The van der Waals surface area contributed by atoms with Crippen molar-refractivity contribution < 1.29 is 0 Å². The van der Waals surface area contributed by atoms with Crippen LogP contribution in [0.5, 0.6) is 0 Å². The summed E-state index contributed by atoms with van der Waals surface area (Å²) in [6.45, 7) is 2.98. The third kappa shape index (κ3) is 4.29. The van der Waals surface area contributed by atoms with Crippen LogP contribution in [0.4, 0.5) is 5.69 Å². The van der Waals surface area contributed by atoms with Gasteiger partial charge in [0.05, 0.1) is 0 Å². The maximum absolute atomic E-state index is 6.13. The van der Waals surface area contributed by atoms with Gasteiger partial charge in [-0.05, 0) is 42.2 Å². The van der Waals surface area contributed by atoms with E-state index >= 15 is 0 Å². The molecule has 0 fully saturated rings. The highest BCUT2D eigenvalue weighted by molar-refractivity contribution is 6.31. The third-order valence-corrected chi connectivity index (χ3v) is 3.58. The molecule has 0 heterocycles. The fourth-order valence-electron chi connectivity index (χ4n) is 2.01. The number of unbranched alkanes of at least 4 members (excludes halogenated alkanes) is 1. The molecule has 1 N–H and O–H groups in total. The Labute approximate surface area is 120 Å². The molecule has 2 aromatic rings. The Morgan fingerprint density at radius 2 is 1.74 bits per heavy atom. The Morgan fingerprint density at radius 3 is 2.42 bits per heavy atom. The second kappa shape index (κ2) is 7.20. The minimum Gasteiger partial charge on any atom is -0.381 e. The van der Waals surface area contributed by atoms with Gasteiger partial charge >= 0.3 is 0 Å². The van der Waals surface area contributed by atoms with Crippen molar-refractivity contribution in [1.82, 2.24) is 0 Å². The van der Waals surface area contributed by atoms with E-state index in [4.69, 9.17) is 11.6 Å². The van der Waals surface area contributed by atoms with Crippen LogP contribution in [0.25, 0.3) is 0 Å². The molecule has 0 aliphatic heterocycles. The molecule has 19 heavy (non-hydrogen) atoms. The number of hydrogen-bond acceptors (Lipinski definition) is 1. The van der Waals surface area contributed by atoms with Gasteiger partial charge in [-0.15, -0.1) is 0 Å². The molecule has 0 saturated carbocycles. The highest BCUT2D eigenvalue weighted by Gasteiger charge is 1.99. The summed E-state index contributed by atoms with van der Waals surface area (Å²) in [5, 5.41) is 4.22. The largest absolute Gasteiger partial charge is 0.381 e. The number of hydrogen-bond donors (Lipinski definition) is 1. The minimum absolute atomic E-state index is 0.758. The molecule has 0 unspecified atom stereocenters. The molecule has 0 bridgehead atoms. The molecular weight excluding hydrogens is 254 g/mol. The van der Waals surface area contributed by atoms with Gasteiger partial charge in [-0.3, -0.25) is 0 Å². The van der Waals surface area contributed by atoms with Gasteiger partial charge < -0.3 is 5.32 Å². The summed E-state index contributed by atoms with van der Waals surface area (Å²) < 4.78 is 0. The van der Waals surface area contributed by atoms with Crippen LogP contribution in [-0.4, -0.2) is 0 Å². The van der Waals surface area contributed by atoms with E-state index < -0.39 is 0 Å². The molecule has 0 spiro atoms. The van der Waals surface area contributed by atoms with Gasteiger partial charge in [0.25, 0.3) is 0 Å². The van der Waals surface area contributed by atoms with Crippen LogP contribution in [0.1, 0.15) is 30.9 Å². The van der Waals surface area contributed by atoms with Crippen molar-refractivity contribution in [2.24, 2.45) is 0 Å². The van der Waals surface area contributed by atoms with Crippen molar-refractivity contribution in [1.29, 1.82) is 0 Å². The second-order valence-corrected chi connectivity index (χ2v) is 5.15. The molecule has 100 valence electrons. The molecule has 2 aromatic carbocycles. The Morgan fingerprint density at radius 1 is 1.00 bits per heavy atom. The monoisotopic (exact) mass is 273 g/mol. The van der Waals surface area contributed by atoms with Gasteiger partial charge in [-0.2, -0.15) is 0 Å². The maximum atomic E-state index is 6.13. The van der Waals surface area contributed by atoms with E-state index in [0.29, 0.717) is 0 Å². The van der Waals surface area contributed by atoms with E-state index in [2.05, 4.69) is 36.5 Å².